The van der Waals surface area contributed by atoms with Crippen LogP contribution in [0.4, 0.5) is 0 Å². The highest BCUT2D eigenvalue weighted by Gasteiger charge is 2.36. The van der Waals surface area contributed by atoms with Crippen LogP contribution in [0, 0.1) is 0 Å². The Balaban J connectivity index is 1.54. The molecule has 2 aromatic heterocycles. The minimum atomic E-state index is -1.45. The first kappa shape index (κ1) is 26.3. The van der Waals surface area contributed by atoms with Gasteiger partial charge >= 0.3 is 0 Å². The highest BCUT2D eigenvalue weighted by molar-refractivity contribution is 9.10. The second kappa shape index (κ2) is 11.3. The molecule has 0 aliphatic carbocycles. The Morgan fingerprint density at radius 3 is 1.45 bits per heavy atom. The number of hydrogen-bond acceptors (Lipinski definition) is 3. The van der Waals surface area contributed by atoms with Crippen molar-refractivity contribution < 1.29 is 5.11 Å². The predicted octanol–water partition coefficient (Wildman–Crippen LogP) is 9.29. The van der Waals surface area contributed by atoms with Crippen molar-refractivity contribution in [2.24, 2.45) is 0 Å². The van der Waals surface area contributed by atoms with Gasteiger partial charge in [-0.2, -0.15) is 0 Å². The molecule has 194 valence electrons. The summed E-state index contributed by atoms with van der Waals surface area (Å²) < 4.78 is 1.89. The molecule has 0 saturated carbocycles. The second-order valence-corrected chi connectivity index (χ2v) is 11.3. The van der Waals surface area contributed by atoms with Gasteiger partial charge in [-0.15, -0.1) is 0 Å². The van der Waals surface area contributed by atoms with Crippen LogP contribution >= 0.6 is 31.9 Å². The third-order valence-electron chi connectivity index (χ3n) is 7.05. The number of benzene rings is 4. The molecule has 40 heavy (non-hydrogen) atoms. The number of aromatic nitrogens is 2. The Labute approximate surface area is 250 Å². The number of aliphatic hydroxyl groups is 1. The van der Waals surface area contributed by atoms with Gasteiger partial charge in [-0.05, 0) is 70.8 Å². The van der Waals surface area contributed by atoms with Crippen molar-refractivity contribution in [3.8, 4) is 33.6 Å². The summed E-state index contributed by atoms with van der Waals surface area (Å²) in [7, 11) is 0. The van der Waals surface area contributed by atoms with Crippen molar-refractivity contribution in [1.82, 2.24) is 9.97 Å². The Hall–Kier alpha value is -3.90. The van der Waals surface area contributed by atoms with Crippen molar-refractivity contribution in [3.05, 3.63) is 165 Å². The fourth-order valence-electron chi connectivity index (χ4n) is 5.01. The topological polar surface area (TPSA) is 46.0 Å². The van der Waals surface area contributed by atoms with E-state index in [9.17, 15) is 5.11 Å². The minimum absolute atomic E-state index is 0.759. The first-order valence-corrected chi connectivity index (χ1v) is 14.4. The molecule has 0 bridgehead atoms. The summed E-state index contributed by atoms with van der Waals surface area (Å²) in [6, 6.07) is 42.0. The molecule has 0 unspecified atom stereocenters. The zero-order chi connectivity index (χ0) is 27.5. The Morgan fingerprint density at radius 1 is 0.500 bits per heavy atom. The third-order valence-corrected chi connectivity index (χ3v) is 8.08. The smallest absolute Gasteiger partial charge is 0.141 e. The summed E-state index contributed by atoms with van der Waals surface area (Å²) in [5, 5.41) is 12.9. The van der Waals surface area contributed by atoms with Gasteiger partial charge in [0.25, 0.3) is 0 Å². The van der Waals surface area contributed by atoms with E-state index in [2.05, 4.69) is 60.0 Å². The van der Waals surface area contributed by atoms with Gasteiger partial charge in [0.05, 0.1) is 11.4 Å². The van der Waals surface area contributed by atoms with Crippen molar-refractivity contribution in [1.29, 1.82) is 0 Å². The highest BCUT2D eigenvalue weighted by atomic mass is 79.9. The zero-order valence-electron chi connectivity index (χ0n) is 21.4. The van der Waals surface area contributed by atoms with Gasteiger partial charge in [-0.3, -0.25) is 9.97 Å². The maximum atomic E-state index is 12.9. The van der Waals surface area contributed by atoms with Crippen LogP contribution in [0.5, 0.6) is 0 Å². The number of rotatable bonds is 6. The van der Waals surface area contributed by atoms with Crippen LogP contribution in [0.1, 0.15) is 16.7 Å². The Morgan fingerprint density at radius 2 is 0.975 bits per heavy atom. The maximum Gasteiger partial charge on any atom is 0.141 e. The largest absolute Gasteiger partial charge is 0.376 e. The van der Waals surface area contributed by atoms with Gasteiger partial charge in [0.1, 0.15) is 5.60 Å². The Bertz CT molecular complexity index is 1650. The van der Waals surface area contributed by atoms with E-state index >= 15 is 0 Å². The lowest BCUT2D eigenvalue weighted by molar-refractivity contribution is 0.126. The summed E-state index contributed by atoms with van der Waals surface area (Å²) in [6.07, 6.45) is 3.57. The first-order chi connectivity index (χ1) is 19.5. The van der Waals surface area contributed by atoms with E-state index in [1.807, 2.05) is 109 Å². The summed E-state index contributed by atoms with van der Waals surface area (Å²) in [6.45, 7) is 0. The van der Waals surface area contributed by atoms with E-state index in [0.717, 1.165) is 59.3 Å². The fraction of sp³-hybridized carbons (Fsp3) is 0.0286. The monoisotopic (exact) mass is 646 g/mol. The molecule has 2 heterocycles. The molecule has 5 heteroatoms. The number of halogens is 2. The molecular formula is C35H24Br2N2O. The molecule has 0 fully saturated rings. The van der Waals surface area contributed by atoms with Gasteiger partial charge in [0.2, 0.25) is 0 Å². The molecule has 6 aromatic rings. The molecule has 0 radical (unpaired) electrons. The average molecular weight is 648 g/mol. The molecule has 0 aliphatic heterocycles. The number of nitrogens with zero attached hydrogens (tertiary/aromatic N) is 2. The quantitative estimate of drug-likeness (QED) is 0.183. The SMILES string of the molecule is OC(c1ccc(-c2ccccn2)cc1)(c1ccc(-c2ccccn2)cc1)c1cc(Br)ccc1-c1ccc(Br)cc1. The average Bonchev–Trinajstić information content (AvgIpc) is 3.02. The van der Waals surface area contributed by atoms with E-state index in [1.165, 1.54) is 0 Å². The third kappa shape index (κ3) is 5.16. The summed E-state index contributed by atoms with van der Waals surface area (Å²) in [5.74, 6) is 0. The fourth-order valence-corrected chi connectivity index (χ4v) is 5.63. The van der Waals surface area contributed by atoms with Gasteiger partial charge in [0, 0.05) is 38.0 Å². The molecule has 0 saturated heterocycles. The molecule has 0 atom stereocenters. The normalized spacial score (nSPS) is 11.4. The van der Waals surface area contributed by atoms with Crippen LogP contribution in [0.3, 0.4) is 0 Å². The van der Waals surface area contributed by atoms with E-state index in [1.54, 1.807) is 12.4 Å². The minimum Gasteiger partial charge on any atom is -0.376 e. The second-order valence-electron chi connectivity index (χ2n) is 9.49. The standard InChI is InChI=1S/C35H24Br2N2O/c36-29-17-11-24(12-18-29)31-20-19-30(37)23-32(31)35(40,27-13-7-25(8-14-27)33-5-1-3-21-38-33)28-15-9-26(10-16-28)34-6-2-4-22-39-34/h1-23,40H. The van der Waals surface area contributed by atoms with Gasteiger partial charge in [-0.25, -0.2) is 0 Å². The summed E-state index contributed by atoms with van der Waals surface area (Å²) in [5.41, 5.74) is 6.55. The summed E-state index contributed by atoms with van der Waals surface area (Å²) >= 11 is 7.21. The molecule has 0 amide bonds. The zero-order valence-corrected chi connectivity index (χ0v) is 24.5. The molecule has 4 aromatic carbocycles. The van der Waals surface area contributed by atoms with Gasteiger partial charge < -0.3 is 5.11 Å². The van der Waals surface area contributed by atoms with Crippen molar-refractivity contribution in [2.45, 2.75) is 5.60 Å². The lowest BCUT2D eigenvalue weighted by Crippen LogP contribution is -2.29. The summed E-state index contributed by atoms with van der Waals surface area (Å²) in [4.78, 5) is 8.98. The van der Waals surface area contributed by atoms with Crippen molar-refractivity contribution in [2.75, 3.05) is 0 Å². The Kier molecular flexibility index (Phi) is 7.44. The lowest BCUT2D eigenvalue weighted by atomic mass is 9.77. The van der Waals surface area contributed by atoms with Crippen molar-refractivity contribution in [3.63, 3.8) is 0 Å². The highest BCUT2D eigenvalue weighted by Crippen LogP contribution is 2.43. The molecule has 3 nitrogen and oxygen atoms in total. The number of hydrogen-bond donors (Lipinski definition) is 1. The van der Waals surface area contributed by atoms with Crippen LogP contribution in [0.15, 0.2) is 149 Å². The lowest BCUT2D eigenvalue weighted by Gasteiger charge is -2.32. The van der Waals surface area contributed by atoms with E-state index in [4.69, 9.17) is 0 Å². The molecule has 6 rings (SSSR count). The van der Waals surface area contributed by atoms with E-state index in [0.29, 0.717) is 0 Å². The first-order valence-electron chi connectivity index (χ1n) is 12.8. The predicted molar refractivity (Wildman–Crippen MR) is 169 cm³/mol. The number of pyridine rings is 2. The maximum absolute atomic E-state index is 12.9. The van der Waals surface area contributed by atoms with Crippen molar-refractivity contribution >= 4 is 31.9 Å². The van der Waals surface area contributed by atoms with Crippen LogP contribution in [0.25, 0.3) is 33.6 Å². The van der Waals surface area contributed by atoms with Gasteiger partial charge in [0.15, 0.2) is 0 Å². The molecule has 0 aliphatic rings. The van der Waals surface area contributed by atoms with Crippen LogP contribution in [-0.2, 0) is 5.60 Å². The van der Waals surface area contributed by atoms with E-state index in [-0.39, 0.29) is 0 Å². The van der Waals surface area contributed by atoms with Crippen LogP contribution in [-0.4, -0.2) is 15.1 Å². The van der Waals surface area contributed by atoms with Gasteiger partial charge in [-0.1, -0.05) is 111 Å². The van der Waals surface area contributed by atoms with Crippen LogP contribution in [0.2, 0.25) is 0 Å². The van der Waals surface area contributed by atoms with E-state index < -0.39 is 5.60 Å². The van der Waals surface area contributed by atoms with Crippen LogP contribution < -0.4 is 0 Å². The molecule has 0 spiro atoms. The molecule has 1 N–H and O–H groups in total. The molecular weight excluding hydrogens is 624 g/mol.